The Morgan fingerprint density at radius 3 is 2.48 bits per heavy atom. The molecule has 8 heteroatoms. The summed E-state index contributed by atoms with van der Waals surface area (Å²) in [5, 5.41) is 12.1. The third-order valence-corrected chi connectivity index (χ3v) is 5.20. The van der Waals surface area contributed by atoms with E-state index in [0.717, 1.165) is 11.1 Å². The minimum Gasteiger partial charge on any atom is -0.363 e. The van der Waals surface area contributed by atoms with Crippen LogP contribution in [-0.4, -0.2) is 47.8 Å². The summed E-state index contributed by atoms with van der Waals surface area (Å²) >= 11 is 7.14. The van der Waals surface area contributed by atoms with E-state index in [-0.39, 0.29) is 5.91 Å². The van der Waals surface area contributed by atoms with Gasteiger partial charge in [0.15, 0.2) is 5.76 Å². The highest BCUT2D eigenvalue weighted by atomic mass is 35.5. The van der Waals surface area contributed by atoms with Gasteiger partial charge in [-0.05, 0) is 12.1 Å². The third kappa shape index (κ3) is 4.37. The van der Waals surface area contributed by atoms with Gasteiger partial charge in [0.05, 0.1) is 15.8 Å². The van der Waals surface area contributed by atoms with Crippen molar-refractivity contribution >= 4 is 34.7 Å². The Bertz CT molecular complexity index is 962. The lowest BCUT2D eigenvalue weighted by Gasteiger charge is -2.13. The average molecular weight is 403 g/mol. The van der Waals surface area contributed by atoms with Crippen molar-refractivity contribution in [3.05, 3.63) is 63.0 Å². The zero-order valence-corrected chi connectivity index (χ0v) is 16.8. The number of benzene rings is 1. The normalized spacial score (nSPS) is 10.7. The minimum absolute atomic E-state index is 0.114. The number of amides is 1. The van der Waals surface area contributed by atoms with Gasteiger partial charge in [0.25, 0.3) is 5.91 Å². The smallest absolute Gasteiger partial charge is 0.264 e. The summed E-state index contributed by atoms with van der Waals surface area (Å²) in [5.41, 5.74) is 2.40. The molecule has 0 aliphatic rings. The first-order valence-electron chi connectivity index (χ1n) is 8.18. The first kappa shape index (κ1) is 19.1. The van der Waals surface area contributed by atoms with Crippen molar-refractivity contribution in [2.24, 2.45) is 0 Å². The van der Waals surface area contributed by atoms with E-state index in [2.05, 4.69) is 5.16 Å². The van der Waals surface area contributed by atoms with Crippen LogP contribution in [0.2, 0.25) is 4.34 Å². The highest BCUT2D eigenvalue weighted by Crippen LogP contribution is 2.24. The number of aromatic nitrogens is 1. The third-order valence-electron chi connectivity index (χ3n) is 3.98. The van der Waals surface area contributed by atoms with Crippen LogP contribution in [0.3, 0.4) is 0 Å². The van der Waals surface area contributed by atoms with Crippen LogP contribution in [-0.2, 0) is 6.54 Å². The molecule has 0 spiro atoms. The maximum Gasteiger partial charge on any atom is 0.264 e. The van der Waals surface area contributed by atoms with Gasteiger partial charge in [-0.1, -0.05) is 41.0 Å². The molecule has 0 bridgehead atoms. The second-order valence-electron chi connectivity index (χ2n) is 6.26. The van der Waals surface area contributed by atoms with Crippen LogP contribution in [0.25, 0.3) is 11.3 Å². The monoisotopic (exact) mass is 402 g/mol. The first-order chi connectivity index (χ1) is 12.8. The first-order valence-corrected chi connectivity index (χ1v) is 9.37. The Kier molecular flexibility index (Phi) is 5.62. The lowest BCUT2D eigenvalue weighted by molar-refractivity contribution is 0.0777. The van der Waals surface area contributed by atoms with E-state index in [0.29, 0.717) is 33.0 Å². The summed E-state index contributed by atoms with van der Waals surface area (Å²) in [5.74, 6) is 0.918. The molecule has 1 N–H and O–H groups in total. The summed E-state index contributed by atoms with van der Waals surface area (Å²) in [6, 6.07) is 12.8. The molecule has 27 heavy (non-hydrogen) atoms. The number of carbonyl (C=O) groups is 1. The second kappa shape index (κ2) is 7.94. The Hall–Kier alpha value is -2.64. The number of rotatable bonds is 5. The van der Waals surface area contributed by atoms with E-state index in [1.165, 1.54) is 11.3 Å². The standard InChI is InChI=1S/C19H19ClN4O2S/c1-23(2)18(21)13-6-4-12(5-7-13)15-10-14(26-22-15)11-24(3)19(25)16-8-9-17(20)27-16/h4-10,21H,11H2,1-3H3. The van der Waals surface area contributed by atoms with Crippen molar-refractivity contribution in [2.45, 2.75) is 6.54 Å². The zero-order chi connectivity index (χ0) is 19.6. The molecule has 0 saturated heterocycles. The number of carbonyl (C=O) groups excluding carboxylic acids is 1. The largest absolute Gasteiger partial charge is 0.363 e. The molecular weight excluding hydrogens is 384 g/mol. The van der Waals surface area contributed by atoms with E-state index in [4.69, 9.17) is 21.5 Å². The van der Waals surface area contributed by atoms with Crippen LogP contribution in [0.5, 0.6) is 0 Å². The molecule has 3 rings (SSSR count). The molecule has 2 aromatic heterocycles. The minimum atomic E-state index is -0.114. The van der Waals surface area contributed by atoms with Crippen LogP contribution in [0.15, 0.2) is 47.0 Å². The van der Waals surface area contributed by atoms with E-state index in [1.807, 2.05) is 44.4 Å². The predicted octanol–water partition coefficient (Wildman–Crippen LogP) is 4.22. The van der Waals surface area contributed by atoms with Crippen molar-refractivity contribution < 1.29 is 9.32 Å². The molecule has 2 heterocycles. The number of hydrogen-bond acceptors (Lipinski definition) is 5. The average Bonchev–Trinajstić information content (AvgIpc) is 3.29. The highest BCUT2D eigenvalue weighted by Gasteiger charge is 2.17. The molecule has 0 aliphatic carbocycles. The quantitative estimate of drug-likeness (QED) is 0.512. The fraction of sp³-hybridized carbons (Fsp3) is 0.211. The molecule has 0 radical (unpaired) electrons. The highest BCUT2D eigenvalue weighted by molar-refractivity contribution is 7.17. The number of amidine groups is 1. The summed E-state index contributed by atoms with van der Waals surface area (Å²) in [6.45, 7) is 0.310. The van der Waals surface area contributed by atoms with Crippen molar-refractivity contribution in [3.8, 4) is 11.3 Å². The molecule has 0 fully saturated rings. The van der Waals surface area contributed by atoms with Gasteiger partial charge in [-0.2, -0.15) is 0 Å². The van der Waals surface area contributed by atoms with Gasteiger partial charge >= 0.3 is 0 Å². The molecular formula is C19H19ClN4O2S. The summed E-state index contributed by atoms with van der Waals surface area (Å²) in [6.07, 6.45) is 0. The van der Waals surface area contributed by atoms with Crippen LogP contribution < -0.4 is 0 Å². The molecule has 0 atom stereocenters. The van der Waals surface area contributed by atoms with Crippen molar-refractivity contribution in [3.63, 3.8) is 0 Å². The predicted molar refractivity (Wildman–Crippen MR) is 108 cm³/mol. The molecule has 3 aromatic rings. The van der Waals surface area contributed by atoms with Crippen LogP contribution in [0.1, 0.15) is 21.0 Å². The molecule has 6 nitrogen and oxygen atoms in total. The number of halogens is 1. The Labute approximate surface area is 166 Å². The van der Waals surface area contributed by atoms with Crippen LogP contribution >= 0.6 is 22.9 Å². The number of nitrogens with zero attached hydrogens (tertiary/aromatic N) is 3. The van der Waals surface area contributed by atoms with Gasteiger partial charge in [-0.3, -0.25) is 10.2 Å². The lowest BCUT2D eigenvalue weighted by atomic mass is 10.1. The van der Waals surface area contributed by atoms with Gasteiger partial charge in [0.2, 0.25) is 0 Å². The maximum atomic E-state index is 12.4. The number of nitrogens with one attached hydrogen (secondary N) is 1. The van der Waals surface area contributed by atoms with Gasteiger partial charge in [-0.25, -0.2) is 0 Å². The maximum absolute atomic E-state index is 12.4. The summed E-state index contributed by atoms with van der Waals surface area (Å²) in [7, 11) is 5.38. The Balaban J connectivity index is 1.69. The van der Waals surface area contributed by atoms with E-state index in [9.17, 15) is 4.79 Å². The second-order valence-corrected chi connectivity index (χ2v) is 7.98. The molecule has 1 aromatic carbocycles. The summed E-state index contributed by atoms with van der Waals surface area (Å²) in [4.78, 5) is 16.3. The van der Waals surface area contributed by atoms with Gasteiger partial charge in [0, 0.05) is 38.3 Å². The van der Waals surface area contributed by atoms with E-state index >= 15 is 0 Å². The SMILES string of the molecule is CN(C)C(=N)c1ccc(-c2cc(CN(C)C(=O)c3ccc(Cl)s3)on2)cc1. The number of thiophene rings is 1. The van der Waals surface area contributed by atoms with E-state index in [1.54, 1.807) is 29.0 Å². The molecule has 0 saturated carbocycles. The van der Waals surface area contributed by atoms with Crippen molar-refractivity contribution in [2.75, 3.05) is 21.1 Å². The number of hydrogen-bond donors (Lipinski definition) is 1. The zero-order valence-electron chi connectivity index (χ0n) is 15.2. The molecule has 1 amide bonds. The van der Waals surface area contributed by atoms with Crippen molar-refractivity contribution in [1.82, 2.24) is 15.0 Å². The van der Waals surface area contributed by atoms with Crippen LogP contribution in [0, 0.1) is 5.41 Å². The fourth-order valence-corrected chi connectivity index (χ4v) is 3.54. The van der Waals surface area contributed by atoms with Crippen LogP contribution in [0.4, 0.5) is 0 Å². The fourth-order valence-electron chi connectivity index (χ4n) is 2.50. The van der Waals surface area contributed by atoms with Gasteiger partial charge in [0.1, 0.15) is 11.5 Å². The topological polar surface area (TPSA) is 73.4 Å². The molecule has 0 aliphatic heterocycles. The van der Waals surface area contributed by atoms with Crippen molar-refractivity contribution in [1.29, 1.82) is 5.41 Å². The van der Waals surface area contributed by atoms with Gasteiger partial charge in [-0.15, -0.1) is 11.3 Å². The summed E-state index contributed by atoms with van der Waals surface area (Å²) < 4.78 is 5.96. The van der Waals surface area contributed by atoms with E-state index < -0.39 is 0 Å². The van der Waals surface area contributed by atoms with Gasteiger partial charge < -0.3 is 14.3 Å². The molecule has 0 unspecified atom stereocenters. The molecule has 140 valence electrons. The Morgan fingerprint density at radius 1 is 1.19 bits per heavy atom. The lowest BCUT2D eigenvalue weighted by Crippen LogP contribution is -2.25. The Morgan fingerprint density at radius 2 is 1.89 bits per heavy atom.